The molecule has 0 unspecified atom stereocenters. The summed E-state index contributed by atoms with van der Waals surface area (Å²) in [7, 11) is -10.1. The van der Waals surface area contributed by atoms with Gasteiger partial charge < -0.3 is 8.43 Å². The lowest BCUT2D eigenvalue weighted by Gasteiger charge is -2.32. The molecule has 0 heterocycles. The van der Waals surface area contributed by atoms with E-state index in [1.165, 1.54) is 39.3 Å². The highest BCUT2D eigenvalue weighted by molar-refractivity contribution is 7.52. The first kappa shape index (κ1) is 21.2. The van der Waals surface area contributed by atoms with Crippen LogP contribution in [0.3, 0.4) is 0 Å². The Bertz CT molecular complexity index is 382. The maximum absolute atomic E-state index is 13.3. The first-order valence-corrected chi connectivity index (χ1v) is 14.3. The molecule has 128 valence electrons. The molecule has 0 radical (unpaired) electrons. The monoisotopic (exact) mass is 374 g/mol. The highest BCUT2D eigenvalue weighted by Gasteiger charge is 2.52. The summed E-state index contributed by atoms with van der Waals surface area (Å²) in [5.41, 5.74) is 0. The van der Waals surface area contributed by atoms with Gasteiger partial charge in [0, 0.05) is 0 Å². The van der Waals surface area contributed by atoms with Gasteiger partial charge in [-0.15, -0.1) is 0 Å². The zero-order valence-corrected chi connectivity index (χ0v) is 15.6. The van der Waals surface area contributed by atoms with E-state index in [9.17, 15) is 26.5 Å². The Kier molecular flexibility index (Phi) is 6.42. The minimum atomic E-state index is -5.17. The third-order valence-corrected chi connectivity index (χ3v) is 8.08. The number of rotatable bonds is 7. The van der Waals surface area contributed by atoms with Crippen LogP contribution in [-0.4, -0.2) is 28.9 Å². The van der Waals surface area contributed by atoms with E-state index in [4.69, 9.17) is 8.43 Å². The molecule has 0 aromatic carbocycles. The van der Waals surface area contributed by atoms with E-state index in [2.05, 4.69) is 4.52 Å². The molecular weight excluding hydrogens is 354 g/mol. The summed E-state index contributed by atoms with van der Waals surface area (Å²) in [5, 5.41) is 0. The van der Waals surface area contributed by atoms with Crippen molar-refractivity contribution < 1.29 is 39.5 Å². The average Bonchev–Trinajstić information content (AvgIpc) is 1.83. The Hall–Kier alpha value is 0.194. The molecule has 0 aliphatic rings. The molecule has 0 rings (SSSR count). The highest BCUT2D eigenvalue weighted by Crippen LogP contribution is 2.58. The zero-order valence-electron chi connectivity index (χ0n) is 12.7. The molecule has 21 heavy (non-hydrogen) atoms. The standard InChI is InChI=1S/C9H20F5O4PSi2/c1-20(2,3)17-19(15,18-21(4,5)6)16-9(13,14)7-8(10,11)12/h7H2,1-6H3. The van der Waals surface area contributed by atoms with E-state index in [1.54, 1.807) is 0 Å². The van der Waals surface area contributed by atoms with E-state index in [1.807, 2.05) is 0 Å². The molecule has 0 saturated carbocycles. The van der Waals surface area contributed by atoms with Crippen molar-refractivity contribution in [2.75, 3.05) is 0 Å². The van der Waals surface area contributed by atoms with E-state index < -0.39 is 43.2 Å². The number of hydrogen-bond acceptors (Lipinski definition) is 4. The van der Waals surface area contributed by atoms with Gasteiger partial charge in [0.2, 0.25) is 0 Å². The van der Waals surface area contributed by atoms with Crippen LogP contribution in [0.15, 0.2) is 0 Å². The Balaban J connectivity index is 5.29. The Labute approximate surface area is 122 Å². The zero-order chi connectivity index (χ0) is 17.3. The van der Waals surface area contributed by atoms with Crippen LogP contribution in [0.5, 0.6) is 0 Å². The summed E-state index contributed by atoms with van der Waals surface area (Å²) in [6, 6.07) is 0. The molecule has 0 atom stereocenters. The molecule has 0 spiro atoms. The van der Waals surface area contributed by atoms with Crippen LogP contribution in [-0.2, 0) is 17.5 Å². The molecule has 12 heteroatoms. The summed E-state index contributed by atoms with van der Waals surface area (Å²) >= 11 is 0. The minimum Gasteiger partial charge on any atom is -0.330 e. The first-order valence-electron chi connectivity index (χ1n) is 5.99. The van der Waals surface area contributed by atoms with Gasteiger partial charge in [-0.2, -0.15) is 22.0 Å². The Morgan fingerprint density at radius 1 is 0.857 bits per heavy atom. The van der Waals surface area contributed by atoms with Gasteiger partial charge >= 0.3 is 20.1 Å². The van der Waals surface area contributed by atoms with Crippen molar-refractivity contribution >= 4 is 24.5 Å². The van der Waals surface area contributed by atoms with E-state index >= 15 is 0 Å². The van der Waals surface area contributed by atoms with Gasteiger partial charge in [0.25, 0.3) is 0 Å². The lowest BCUT2D eigenvalue weighted by Crippen LogP contribution is -2.34. The van der Waals surface area contributed by atoms with Gasteiger partial charge in [-0.3, -0.25) is 0 Å². The van der Waals surface area contributed by atoms with Crippen LogP contribution in [0, 0.1) is 0 Å². The fourth-order valence-electron chi connectivity index (χ4n) is 1.16. The molecule has 4 nitrogen and oxygen atoms in total. The van der Waals surface area contributed by atoms with E-state index in [0.717, 1.165) is 0 Å². The van der Waals surface area contributed by atoms with E-state index in [0.29, 0.717) is 0 Å². The predicted octanol–water partition coefficient (Wildman–Crippen LogP) is 5.36. The molecule has 0 bridgehead atoms. The second-order valence-electron chi connectivity index (χ2n) is 6.38. The van der Waals surface area contributed by atoms with Crippen LogP contribution in [0.2, 0.25) is 39.3 Å². The number of phosphoric acid groups is 1. The fourth-order valence-corrected chi connectivity index (χ4v) is 7.70. The van der Waals surface area contributed by atoms with Crippen LogP contribution in [0.4, 0.5) is 22.0 Å². The second kappa shape index (κ2) is 6.36. The molecule has 0 aliphatic carbocycles. The minimum absolute atomic E-state index is 1.53. The molecule has 0 fully saturated rings. The molecule has 0 aromatic heterocycles. The van der Waals surface area contributed by atoms with Gasteiger partial charge in [-0.1, -0.05) is 0 Å². The third kappa shape index (κ3) is 11.4. The van der Waals surface area contributed by atoms with Crippen molar-refractivity contribution in [1.82, 2.24) is 0 Å². The van der Waals surface area contributed by atoms with Crippen molar-refractivity contribution in [2.45, 2.75) is 58.0 Å². The molecule has 0 saturated heterocycles. The van der Waals surface area contributed by atoms with Gasteiger partial charge in [-0.25, -0.2) is 9.09 Å². The van der Waals surface area contributed by atoms with Crippen molar-refractivity contribution in [3.8, 4) is 0 Å². The maximum atomic E-state index is 13.3. The number of hydrogen-bond donors (Lipinski definition) is 0. The van der Waals surface area contributed by atoms with Crippen LogP contribution >= 0.6 is 7.82 Å². The quantitative estimate of drug-likeness (QED) is 0.342. The van der Waals surface area contributed by atoms with Gasteiger partial charge in [-0.05, 0) is 39.3 Å². The average molecular weight is 374 g/mol. The highest BCUT2D eigenvalue weighted by atomic mass is 31.2. The Morgan fingerprint density at radius 2 is 1.19 bits per heavy atom. The number of alkyl halides is 5. The molecule has 0 amide bonds. The van der Waals surface area contributed by atoms with Crippen LogP contribution in [0.25, 0.3) is 0 Å². The molecular formula is C9H20F5O4PSi2. The lowest BCUT2D eigenvalue weighted by molar-refractivity contribution is -0.259. The summed E-state index contributed by atoms with van der Waals surface area (Å²) in [4.78, 5) is 0. The first-order chi connectivity index (χ1) is 8.83. The second-order valence-corrected chi connectivity index (χ2v) is 17.4. The van der Waals surface area contributed by atoms with Gasteiger partial charge in [0.15, 0.2) is 16.6 Å². The molecule has 0 N–H and O–H groups in total. The van der Waals surface area contributed by atoms with Crippen molar-refractivity contribution in [3.63, 3.8) is 0 Å². The SMILES string of the molecule is C[Si](C)(C)OP(=O)(OC(F)(F)CC(F)(F)F)O[Si](C)(C)C. The summed E-state index contributed by atoms with van der Waals surface area (Å²) in [6.07, 6.45) is -12.4. The predicted molar refractivity (Wildman–Crippen MR) is 73.2 cm³/mol. The summed E-state index contributed by atoms with van der Waals surface area (Å²) in [6.45, 7) is 9.16. The maximum Gasteiger partial charge on any atom is 0.459 e. The van der Waals surface area contributed by atoms with Crippen molar-refractivity contribution in [2.24, 2.45) is 0 Å². The lowest BCUT2D eigenvalue weighted by atomic mass is 10.4. The normalized spacial score (nSPS) is 15.4. The van der Waals surface area contributed by atoms with Crippen LogP contribution < -0.4 is 0 Å². The smallest absolute Gasteiger partial charge is 0.330 e. The third-order valence-electron chi connectivity index (χ3n) is 1.42. The van der Waals surface area contributed by atoms with E-state index in [-0.39, 0.29) is 0 Å². The number of halogens is 5. The van der Waals surface area contributed by atoms with Crippen molar-refractivity contribution in [3.05, 3.63) is 0 Å². The van der Waals surface area contributed by atoms with Gasteiger partial charge in [0.05, 0.1) is 0 Å². The van der Waals surface area contributed by atoms with Crippen molar-refractivity contribution in [1.29, 1.82) is 0 Å². The Morgan fingerprint density at radius 3 is 1.43 bits per heavy atom. The molecule has 0 aliphatic heterocycles. The summed E-state index contributed by atoms with van der Waals surface area (Å²) in [5.74, 6) is 0. The molecule has 0 aromatic rings. The largest absolute Gasteiger partial charge is 0.459 e. The summed E-state index contributed by atoms with van der Waals surface area (Å²) < 4.78 is 89.1. The fraction of sp³-hybridized carbons (Fsp3) is 1.00. The topological polar surface area (TPSA) is 44.8 Å². The van der Waals surface area contributed by atoms with Crippen LogP contribution in [0.1, 0.15) is 6.42 Å². The van der Waals surface area contributed by atoms with Gasteiger partial charge in [0.1, 0.15) is 6.42 Å².